The number of alkyl halides is 1. The third-order valence-corrected chi connectivity index (χ3v) is 2.42. The lowest BCUT2D eigenvalue weighted by molar-refractivity contribution is 0.158. The smallest absolute Gasteiger partial charge is 0.130 e. The van der Waals surface area contributed by atoms with Crippen LogP contribution in [0.25, 0.3) is 0 Å². The van der Waals surface area contributed by atoms with Gasteiger partial charge >= 0.3 is 0 Å². The number of benzene rings is 1. The van der Waals surface area contributed by atoms with E-state index in [0.29, 0.717) is 0 Å². The number of halogens is 2. The normalized spacial score (nSPS) is 11.5. The Morgan fingerprint density at radius 3 is 2.20 bits per heavy atom. The number of hydrogen-bond acceptors (Lipinski definition) is 1. The van der Waals surface area contributed by atoms with E-state index in [1.165, 1.54) is 6.42 Å². The molecule has 1 aromatic rings. The van der Waals surface area contributed by atoms with Crippen molar-refractivity contribution in [2.45, 2.75) is 31.7 Å². The van der Waals surface area contributed by atoms with E-state index in [2.05, 4.69) is 6.92 Å². The molecule has 1 atom stereocenters. The Morgan fingerprint density at radius 1 is 1.27 bits per heavy atom. The van der Waals surface area contributed by atoms with Crippen LogP contribution in [0.4, 0.5) is 0 Å². The summed E-state index contributed by atoms with van der Waals surface area (Å²) in [5, 5.41) is 0.794. The van der Waals surface area contributed by atoms with E-state index < -0.39 is 0 Å². The first kappa shape index (κ1) is 14.8. The average molecular weight is 249 g/mol. The fraction of sp³-hybridized carbons (Fsp3) is 0.500. The second kappa shape index (κ2) is 10.3. The molecule has 0 saturated carbocycles. The van der Waals surface area contributed by atoms with Gasteiger partial charge in [-0.25, -0.2) is 0 Å². The summed E-state index contributed by atoms with van der Waals surface area (Å²) in [6.45, 7) is 2.14. The standard InChI is InChI=1S/C6H13ClO.C6H5Cl/c1-3-4-5-6(7)8-2;7-6-4-2-1-3-5-6/h6H,3-5H2,1-2H3;1-5H. The van der Waals surface area contributed by atoms with Crippen LogP contribution in [0.5, 0.6) is 0 Å². The monoisotopic (exact) mass is 248 g/mol. The molecule has 0 saturated heterocycles. The Bertz CT molecular complexity index is 226. The number of hydrogen-bond donors (Lipinski definition) is 0. The molecule has 0 radical (unpaired) electrons. The molecule has 0 aliphatic heterocycles. The maximum Gasteiger partial charge on any atom is 0.130 e. The van der Waals surface area contributed by atoms with Crippen molar-refractivity contribution in [1.29, 1.82) is 0 Å². The summed E-state index contributed by atoms with van der Waals surface area (Å²) in [7, 11) is 1.63. The number of ether oxygens (including phenoxy) is 1. The fourth-order valence-electron chi connectivity index (χ4n) is 0.897. The lowest BCUT2D eigenvalue weighted by atomic mass is 10.3. The van der Waals surface area contributed by atoms with E-state index in [4.69, 9.17) is 27.9 Å². The predicted octanol–water partition coefficient (Wildman–Crippen LogP) is 4.73. The lowest BCUT2D eigenvalue weighted by Crippen LogP contribution is -1.99. The van der Waals surface area contributed by atoms with Crippen molar-refractivity contribution in [3.63, 3.8) is 0 Å². The molecular formula is C12H18Cl2O. The predicted molar refractivity (Wildman–Crippen MR) is 67.6 cm³/mol. The first-order valence-corrected chi connectivity index (χ1v) is 5.89. The van der Waals surface area contributed by atoms with Crippen molar-refractivity contribution in [1.82, 2.24) is 0 Å². The van der Waals surface area contributed by atoms with Crippen molar-refractivity contribution in [2.75, 3.05) is 7.11 Å². The Morgan fingerprint density at radius 2 is 1.87 bits per heavy atom. The van der Waals surface area contributed by atoms with E-state index in [9.17, 15) is 0 Å². The van der Waals surface area contributed by atoms with Gasteiger partial charge in [-0.15, -0.1) is 0 Å². The van der Waals surface area contributed by atoms with Crippen molar-refractivity contribution < 1.29 is 4.74 Å². The molecule has 0 amide bonds. The quantitative estimate of drug-likeness (QED) is 0.701. The van der Waals surface area contributed by atoms with E-state index in [1.54, 1.807) is 7.11 Å². The van der Waals surface area contributed by atoms with Gasteiger partial charge in [0.05, 0.1) is 0 Å². The van der Waals surface area contributed by atoms with Crippen LogP contribution in [-0.4, -0.2) is 12.7 Å². The Balaban J connectivity index is 0.000000262. The molecule has 0 fully saturated rings. The highest BCUT2D eigenvalue weighted by atomic mass is 35.5. The molecule has 0 heterocycles. The maximum absolute atomic E-state index is 5.62. The summed E-state index contributed by atoms with van der Waals surface area (Å²) in [4.78, 5) is 0. The molecule has 3 heteroatoms. The summed E-state index contributed by atoms with van der Waals surface area (Å²) >= 11 is 11.2. The van der Waals surface area contributed by atoms with Gasteiger partial charge in [0, 0.05) is 12.1 Å². The molecule has 0 aliphatic rings. The second-order valence-corrected chi connectivity index (χ2v) is 4.01. The average Bonchev–Trinajstić information content (AvgIpc) is 2.28. The highest BCUT2D eigenvalue weighted by Crippen LogP contribution is 2.06. The van der Waals surface area contributed by atoms with Crippen molar-refractivity contribution >= 4 is 23.2 Å². The zero-order valence-electron chi connectivity index (χ0n) is 9.25. The first-order chi connectivity index (χ1) is 7.20. The third kappa shape index (κ3) is 10.1. The number of rotatable bonds is 4. The molecule has 0 bridgehead atoms. The highest BCUT2D eigenvalue weighted by molar-refractivity contribution is 6.30. The van der Waals surface area contributed by atoms with Crippen molar-refractivity contribution in [3.8, 4) is 0 Å². The topological polar surface area (TPSA) is 9.23 Å². The van der Waals surface area contributed by atoms with Crippen LogP contribution in [0.1, 0.15) is 26.2 Å². The lowest BCUT2D eigenvalue weighted by Gasteiger charge is -2.03. The highest BCUT2D eigenvalue weighted by Gasteiger charge is 1.97. The fourth-order valence-corrected chi connectivity index (χ4v) is 1.20. The van der Waals surface area contributed by atoms with E-state index in [1.807, 2.05) is 30.3 Å². The van der Waals surface area contributed by atoms with Gasteiger partial charge in [0.15, 0.2) is 0 Å². The molecule has 0 N–H and O–H groups in total. The minimum absolute atomic E-state index is 0.0741. The molecule has 1 unspecified atom stereocenters. The van der Waals surface area contributed by atoms with Crippen molar-refractivity contribution in [2.24, 2.45) is 0 Å². The largest absolute Gasteiger partial charge is 0.366 e. The summed E-state index contributed by atoms with van der Waals surface area (Å²) in [6.07, 6.45) is 3.31. The molecular weight excluding hydrogens is 231 g/mol. The van der Waals surface area contributed by atoms with Crippen molar-refractivity contribution in [3.05, 3.63) is 35.4 Å². The number of methoxy groups -OCH3 is 1. The molecule has 0 aromatic heterocycles. The molecule has 15 heavy (non-hydrogen) atoms. The van der Waals surface area contributed by atoms with Gasteiger partial charge in [-0.2, -0.15) is 0 Å². The van der Waals surface area contributed by atoms with Gasteiger partial charge in [0.25, 0.3) is 0 Å². The molecule has 1 aromatic carbocycles. The van der Waals surface area contributed by atoms with E-state index in [-0.39, 0.29) is 5.56 Å². The van der Waals surface area contributed by atoms with Crippen LogP contribution in [0.3, 0.4) is 0 Å². The van der Waals surface area contributed by atoms with Crippen LogP contribution in [-0.2, 0) is 4.74 Å². The Hall–Kier alpha value is -0.240. The summed E-state index contributed by atoms with van der Waals surface area (Å²) in [6, 6.07) is 9.44. The van der Waals surface area contributed by atoms with E-state index >= 15 is 0 Å². The van der Waals surface area contributed by atoms with Gasteiger partial charge < -0.3 is 4.74 Å². The summed E-state index contributed by atoms with van der Waals surface area (Å²) < 4.78 is 4.82. The molecule has 1 nitrogen and oxygen atoms in total. The summed E-state index contributed by atoms with van der Waals surface area (Å²) in [5.74, 6) is 0. The second-order valence-electron chi connectivity index (χ2n) is 3.08. The maximum atomic E-state index is 5.62. The summed E-state index contributed by atoms with van der Waals surface area (Å²) in [5.41, 5.74) is -0.0741. The molecule has 0 spiro atoms. The first-order valence-electron chi connectivity index (χ1n) is 5.08. The van der Waals surface area contributed by atoms with Gasteiger partial charge in [0.1, 0.15) is 5.56 Å². The van der Waals surface area contributed by atoms with Gasteiger partial charge in [-0.1, -0.05) is 54.7 Å². The minimum Gasteiger partial charge on any atom is -0.366 e. The zero-order valence-corrected chi connectivity index (χ0v) is 10.8. The molecule has 1 rings (SSSR count). The van der Waals surface area contributed by atoms with Crippen LogP contribution in [0.15, 0.2) is 30.3 Å². The van der Waals surface area contributed by atoms with Gasteiger partial charge in [-0.05, 0) is 25.0 Å². The van der Waals surface area contributed by atoms with Crippen LogP contribution in [0.2, 0.25) is 5.02 Å². The SMILES string of the molecule is CCCCC(Cl)OC.Clc1ccccc1. The van der Waals surface area contributed by atoms with Gasteiger partial charge in [0.2, 0.25) is 0 Å². The number of unbranched alkanes of at least 4 members (excludes halogenated alkanes) is 1. The Labute approximate surface area is 102 Å². The minimum atomic E-state index is -0.0741. The molecule has 0 aliphatic carbocycles. The van der Waals surface area contributed by atoms with Gasteiger partial charge in [-0.3, -0.25) is 0 Å². The van der Waals surface area contributed by atoms with E-state index in [0.717, 1.165) is 17.9 Å². The Kier molecular flexibility index (Phi) is 10.1. The molecule has 86 valence electrons. The zero-order chi connectivity index (χ0) is 11.5. The van der Waals surface area contributed by atoms with Crippen LogP contribution in [0, 0.1) is 0 Å². The third-order valence-electron chi connectivity index (χ3n) is 1.77. The van der Waals surface area contributed by atoms with Crippen LogP contribution < -0.4 is 0 Å². The van der Waals surface area contributed by atoms with Crippen LogP contribution >= 0.6 is 23.2 Å².